The second-order valence-corrected chi connectivity index (χ2v) is 5.49. The van der Waals surface area contributed by atoms with Gasteiger partial charge in [0.1, 0.15) is 11.6 Å². The minimum Gasteiger partial charge on any atom is -0.310 e. The number of allylic oxidation sites excluding steroid dienone is 1. The molecule has 1 aromatic rings. The van der Waals surface area contributed by atoms with Crippen LogP contribution in [0.25, 0.3) is 0 Å². The minimum absolute atomic E-state index is 0.0367. The van der Waals surface area contributed by atoms with Crippen LogP contribution in [-0.4, -0.2) is 23.5 Å². The fraction of sp³-hybridized carbons (Fsp3) is 0.429. The Balaban J connectivity index is 0.000000425. The van der Waals surface area contributed by atoms with Crippen LogP contribution >= 0.6 is 0 Å². The number of hydrogen-bond donors (Lipinski definition) is 2. The number of fused-ring (bicyclic) bond motifs is 1. The van der Waals surface area contributed by atoms with E-state index >= 15 is 0 Å². The van der Waals surface area contributed by atoms with Crippen LogP contribution in [0.1, 0.15) is 58.6 Å². The molecule has 0 spiro atoms. The molecule has 0 unspecified atom stereocenters. The molecule has 0 aliphatic carbocycles. The van der Waals surface area contributed by atoms with Crippen molar-refractivity contribution in [2.75, 3.05) is 5.32 Å². The summed E-state index contributed by atoms with van der Waals surface area (Å²) in [4.78, 5) is 29.6. The Hall–Kier alpha value is -2.76. The Morgan fingerprint density at radius 2 is 1.74 bits per heavy atom. The minimum atomic E-state index is -0.0367. The smallest absolute Gasteiger partial charge is 0.230 e. The number of nitrogens with one attached hydrogen (secondary N) is 2. The molecule has 0 bridgehead atoms. The van der Waals surface area contributed by atoms with Crippen molar-refractivity contribution in [3.05, 3.63) is 46.9 Å². The van der Waals surface area contributed by atoms with Crippen molar-refractivity contribution in [1.29, 1.82) is 0 Å². The van der Waals surface area contributed by atoms with E-state index in [0.29, 0.717) is 18.7 Å². The molecule has 2 amide bonds. The number of carbonyl (C=O) groups is 2. The number of anilines is 1. The fourth-order valence-corrected chi connectivity index (χ4v) is 2.43. The number of aryl methyl sites for hydroxylation is 1. The average Bonchev–Trinajstić information content (AvgIpc) is 3.07. The Labute approximate surface area is 162 Å². The lowest BCUT2D eigenvalue weighted by atomic mass is 10.0. The van der Waals surface area contributed by atoms with Crippen LogP contribution in [-0.2, 0) is 16.0 Å². The summed E-state index contributed by atoms with van der Waals surface area (Å²) in [5, 5.41) is 5.34. The highest BCUT2D eigenvalue weighted by atomic mass is 16.2. The van der Waals surface area contributed by atoms with Crippen LogP contribution in [0.4, 0.5) is 5.82 Å². The molecular formula is C21H32N4O2. The topological polar surface area (TPSA) is 83.5 Å². The third-order valence-electron chi connectivity index (χ3n) is 3.70. The molecule has 2 aliphatic rings. The highest BCUT2D eigenvalue weighted by Gasteiger charge is 2.20. The standard InChI is InChI=1S/C9H10N2O.C8H10N2O.2C2H6/c1-6-4-5-10-9-7(6)2-3-8(12)11-9;1-5(2)6-4-7(11)10-8(6)9-3;2*1-2/h4-5H,2-3H2,1H3,(H,10,11,12);1,3-4H2,2H3,(H,10,11);2*1-2H3. The van der Waals surface area contributed by atoms with E-state index in [1.165, 1.54) is 11.1 Å². The molecule has 6 nitrogen and oxygen atoms in total. The lowest BCUT2D eigenvalue weighted by Crippen LogP contribution is -2.20. The molecule has 0 aromatic carbocycles. The summed E-state index contributed by atoms with van der Waals surface area (Å²) in [6.07, 6.45) is 3.50. The molecule has 3 rings (SSSR count). The quantitative estimate of drug-likeness (QED) is 0.758. The molecule has 1 aromatic heterocycles. The molecule has 0 atom stereocenters. The monoisotopic (exact) mass is 372 g/mol. The molecule has 0 radical (unpaired) electrons. The van der Waals surface area contributed by atoms with Gasteiger partial charge in [-0.1, -0.05) is 39.8 Å². The highest BCUT2D eigenvalue weighted by Crippen LogP contribution is 2.22. The molecule has 0 saturated carbocycles. The van der Waals surface area contributed by atoms with Gasteiger partial charge in [-0.05, 0) is 44.2 Å². The SMILES string of the molecule is C=NC1=C(C(=C)C)CC(=O)N1.CC.CC.Cc1ccnc2c1CCC(=O)N2. The van der Waals surface area contributed by atoms with Crippen molar-refractivity contribution in [2.45, 2.75) is 60.8 Å². The summed E-state index contributed by atoms with van der Waals surface area (Å²) >= 11 is 0. The van der Waals surface area contributed by atoms with Gasteiger partial charge in [0, 0.05) is 18.2 Å². The third kappa shape index (κ3) is 7.17. The van der Waals surface area contributed by atoms with Crippen molar-refractivity contribution in [1.82, 2.24) is 10.3 Å². The van der Waals surface area contributed by atoms with Gasteiger partial charge < -0.3 is 10.6 Å². The van der Waals surface area contributed by atoms with E-state index in [2.05, 4.69) is 33.9 Å². The molecule has 6 heteroatoms. The summed E-state index contributed by atoms with van der Waals surface area (Å²) < 4.78 is 0. The van der Waals surface area contributed by atoms with Gasteiger partial charge in [-0.25, -0.2) is 9.98 Å². The van der Waals surface area contributed by atoms with Crippen molar-refractivity contribution in [3.8, 4) is 0 Å². The maximum Gasteiger partial charge on any atom is 0.230 e. The van der Waals surface area contributed by atoms with Crippen LogP contribution in [0.2, 0.25) is 0 Å². The average molecular weight is 373 g/mol. The second-order valence-electron chi connectivity index (χ2n) is 5.49. The van der Waals surface area contributed by atoms with Crippen molar-refractivity contribution in [2.24, 2.45) is 4.99 Å². The largest absolute Gasteiger partial charge is 0.310 e. The maximum absolute atomic E-state index is 11.0. The van der Waals surface area contributed by atoms with Crippen LogP contribution < -0.4 is 10.6 Å². The summed E-state index contributed by atoms with van der Waals surface area (Å²) in [6.45, 7) is 19.0. The summed E-state index contributed by atoms with van der Waals surface area (Å²) in [5.74, 6) is 1.33. The first-order chi connectivity index (χ1) is 12.9. The van der Waals surface area contributed by atoms with Gasteiger partial charge in [0.25, 0.3) is 0 Å². The van der Waals surface area contributed by atoms with Crippen LogP contribution in [0.3, 0.4) is 0 Å². The fourth-order valence-electron chi connectivity index (χ4n) is 2.43. The lowest BCUT2D eigenvalue weighted by Gasteiger charge is -2.16. The predicted molar refractivity (Wildman–Crippen MR) is 113 cm³/mol. The molecule has 27 heavy (non-hydrogen) atoms. The summed E-state index contributed by atoms with van der Waals surface area (Å²) in [6, 6.07) is 1.97. The Morgan fingerprint density at radius 3 is 2.26 bits per heavy atom. The Bertz CT molecular complexity index is 721. The highest BCUT2D eigenvalue weighted by molar-refractivity contribution is 5.92. The van der Waals surface area contributed by atoms with Gasteiger partial charge in [-0.15, -0.1) is 0 Å². The van der Waals surface area contributed by atoms with Gasteiger partial charge in [-0.3, -0.25) is 9.59 Å². The number of aromatic nitrogens is 1. The molecule has 0 saturated heterocycles. The summed E-state index contributed by atoms with van der Waals surface area (Å²) in [5.41, 5.74) is 4.12. The first kappa shape index (κ1) is 24.2. The normalized spacial score (nSPS) is 14.0. The molecule has 148 valence electrons. The van der Waals surface area contributed by atoms with Gasteiger partial charge in [0.15, 0.2) is 0 Å². The third-order valence-corrected chi connectivity index (χ3v) is 3.70. The molecule has 3 heterocycles. The van der Waals surface area contributed by atoms with E-state index in [-0.39, 0.29) is 11.8 Å². The molecule has 2 N–H and O–H groups in total. The van der Waals surface area contributed by atoms with Crippen molar-refractivity contribution < 1.29 is 9.59 Å². The molecule has 0 fully saturated rings. The number of aliphatic imine (C=N–C) groups is 1. The van der Waals surface area contributed by atoms with Gasteiger partial charge >= 0.3 is 0 Å². The lowest BCUT2D eigenvalue weighted by molar-refractivity contribution is -0.119. The van der Waals surface area contributed by atoms with Crippen molar-refractivity contribution >= 4 is 24.3 Å². The zero-order valence-electron chi connectivity index (χ0n) is 17.4. The predicted octanol–water partition coefficient (Wildman–Crippen LogP) is 4.32. The first-order valence-corrected chi connectivity index (χ1v) is 9.32. The van der Waals surface area contributed by atoms with E-state index in [0.717, 1.165) is 23.4 Å². The Morgan fingerprint density at radius 1 is 1.11 bits per heavy atom. The maximum atomic E-state index is 11.0. The number of amides is 2. The van der Waals surface area contributed by atoms with Gasteiger partial charge in [0.05, 0.1) is 6.42 Å². The Kier molecular flexibility index (Phi) is 11.3. The number of pyridine rings is 1. The number of nitrogens with zero attached hydrogens (tertiary/aromatic N) is 2. The number of hydrogen-bond acceptors (Lipinski definition) is 4. The number of carbonyl (C=O) groups excluding carboxylic acids is 2. The van der Waals surface area contributed by atoms with E-state index < -0.39 is 0 Å². The second kappa shape index (κ2) is 12.6. The summed E-state index contributed by atoms with van der Waals surface area (Å²) in [7, 11) is 0. The zero-order chi connectivity index (χ0) is 21.0. The zero-order valence-corrected chi connectivity index (χ0v) is 17.4. The van der Waals surface area contributed by atoms with E-state index in [1.807, 2.05) is 47.6 Å². The van der Waals surface area contributed by atoms with Crippen molar-refractivity contribution in [3.63, 3.8) is 0 Å². The van der Waals surface area contributed by atoms with Gasteiger partial charge in [0.2, 0.25) is 11.8 Å². The van der Waals surface area contributed by atoms with Crippen LogP contribution in [0.5, 0.6) is 0 Å². The van der Waals surface area contributed by atoms with Crippen LogP contribution in [0.15, 0.2) is 40.8 Å². The number of rotatable bonds is 2. The van der Waals surface area contributed by atoms with Gasteiger partial charge in [-0.2, -0.15) is 0 Å². The van der Waals surface area contributed by atoms with E-state index in [1.54, 1.807) is 6.20 Å². The van der Waals surface area contributed by atoms with E-state index in [4.69, 9.17) is 0 Å². The molecule has 2 aliphatic heterocycles. The molecular weight excluding hydrogens is 340 g/mol. The van der Waals surface area contributed by atoms with E-state index in [9.17, 15) is 9.59 Å². The first-order valence-electron chi connectivity index (χ1n) is 9.32. The van der Waals surface area contributed by atoms with Crippen LogP contribution in [0, 0.1) is 6.92 Å².